The molecule has 0 unspecified atom stereocenters. The smallest absolute Gasteiger partial charge is 0.227 e. The highest BCUT2D eigenvalue weighted by Gasteiger charge is 2.27. The van der Waals surface area contributed by atoms with Crippen LogP contribution in [0.2, 0.25) is 0 Å². The van der Waals surface area contributed by atoms with Gasteiger partial charge in [-0.2, -0.15) is 4.98 Å². The van der Waals surface area contributed by atoms with Crippen molar-refractivity contribution < 1.29 is 9.32 Å². The maximum Gasteiger partial charge on any atom is 0.227 e. The number of nitrogens with zero attached hydrogens (tertiary/aromatic N) is 5. The van der Waals surface area contributed by atoms with Crippen molar-refractivity contribution in [1.29, 1.82) is 0 Å². The average Bonchev–Trinajstić information content (AvgIpc) is 3.09. The molecule has 25 heavy (non-hydrogen) atoms. The van der Waals surface area contributed by atoms with E-state index in [4.69, 9.17) is 4.52 Å². The number of rotatable bonds is 6. The molecular weight excluding hydrogens is 318 g/mol. The Balaban J connectivity index is 1.57. The number of hydrogen-bond acceptors (Lipinski definition) is 6. The second-order valence-electron chi connectivity index (χ2n) is 6.75. The second kappa shape index (κ2) is 8.20. The first-order valence-electron chi connectivity index (χ1n) is 8.80. The highest BCUT2D eigenvalue weighted by Crippen LogP contribution is 2.20. The van der Waals surface area contributed by atoms with E-state index in [0.717, 1.165) is 31.5 Å². The van der Waals surface area contributed by atoms with Gasteiger partial charge >= 0.3 is 0 Å². The van der Waals surface area contributed by atoms with Gasteiger partial charge < -0.3 is 14.3 Å². The fourth-order valence-electron chi connectivity index (χ4n) is 3.27. The Morgan fingerprint density at radius 2 is 2.12 bits per heavy atom. The summed E-state index contributed by atoms with van der Waals surface area (Å²) in [6.07, 6.45) is 7.62. The van der Waals surface area contributed by atoms with Crippen molar-refractivity contribution in [2.45, 2.75) is 38.1 Å². The van der Waals surface area contributed by atoms with Crippen molar-refractivity contribution in [3.8, 4) is 11.4 Å². The maximum absolute atomic E-state index is 12.6. The zero-order chi connectivity index (χ0) is 17.6. The Hall–Kier alpha value is -2.28. The molecule has 3 heterocycles. The van der Waals surface area contributed by atoms with Crippen molar-refractivity contribution in [2.24, 2.45) is 0 Å². The minimum Gasteiger partial charge on any atom is -0.339 e. The number of pyridine rings is 1. The molecular formula is C18H25N5O2. The van der Waals surface area contributed by atoms with Crippen molar-refractivity contribution >= 4 is 5.91 Å². The van der Waals surface area contributed by atoms with Crippen LogP contribution < -0.4 is 0 Å². The monoisotopic (exact) mass is 343 g/mol. The first-order valence-corrected chi connectivity index (χ1v) is 8.80. The van der Waals surface area contributed by atoms with Crippen LogP contribution in [-0.2, 0) is 11.2 Å². The van der Waals surface area contributed by atoms with Crippen LogP contribution in [0.4, 0.5) is 0 Å². The molecule has 7 heteroatoms. The lowest BCUT2D eigenvalue weighted by Crippen LogP contribution is -2.48. The van der Waals surface area contributed by atoms with Gasteiger partial charge in [0.1, 0.15) is 0 Å². The highest BCUT2D eigenvalue weighted by atomic mass is 16.5. The molecule has 0 radical (unpaired) electrons. The van der Waals surface area contributed by atoms with Crippen LogP contribution in [0.5, 0.6) is 0 Å². The molecule has 1 amide bonds. The van der Waals surface area contributed by atoms with E-state index >= 15 is 0 Å². The molecule has 0 N–H and O–H groups in total. The number of hydrogen-bond donors (Lipinski definition) is 0. The van der Waals surface area contributed by atoms with Gasteiger partial charge in [-0.1, -0.05) is 5.16 Å². The summed E-state index contributed by atoms with van der Waals surface area (Å²) in [7, 11) is 4.10. The van der Waals surface area contributed by atoms with Gasteiger partial charge in [-0.15, -0.1) is 0 Å². The molecule has 0 saturated carbocycles. The summed E-state index contributed by atoms with van der Waals surface area (Å²) in [5.41, 5.74) is 0.860. The Morgan fingerprint density at radius 1 is 1.32 bits per heavy atom. The largest absolute Gasteiger partial charge is 0.339 e. The summed E-state index contributed by atoms with van der Waals surface area (Å²) in [5, 5.41) is 3.99. The van der Waals surface area contributed by atoms with Crippen LogP contribution in [0.3, 0.4) is 0 Å². The third-order valence-electron chi connectivity index (χ3n) is 4.48. The Bertz CT molecular complexity index is 686. The van der Waals surface area contributed by atoms with Crippen molar-refractivity contribution in [2.75, 3.05) is 27.2 Å². The van der Waals surface area contributed by atoms with Gasteiger partial charge in [-0.05, 0) is 45.5 Å². The molecule has 134 valence electrons. The molecule has 1 saturated heterocycles. The summed E-state index contributed by atoms with van der Waals surface area (Å²) in [6, 6.07) is 3.98. The number of carbonyl (C=O) groups excluding carboxylic acids is 1. The molecule has 0 aromatic carbocycles. The SMILES string of the molecule is CN(C)C[C@H]1CCCCN1C(=O)CCc1nc(-c2ccncc2)no1. The van der Waals surface area contributed by atoms with E-state index in [1.54, 1.807) is 12.4 Å². The first-order chi connectivity index (χ1) is 12.1. The standard InChI is InChI=1S/C18H25N5O2/c1-22(2)13-15-5-3-4-12-23(15)17(24)7-6-16-20-18(21-25-16)14-8-10-19-11-9-14/h8-11,15H,3-7,12-13H2,1-2H3/t15-/m1/s1. The van der Waals surface area contributed by atoms with E-state index in [2.05, 4.69) is 34.1 Å². The van der Waals surface area contributed by atoms with Gasteiger partial charge in [0.2, 0.25) is 17.6 Å². The molecule has 1 aliphatic heterocycles. The van der Waals surface area contributed by atoms with Crippen LogP contribution in [-0.4, -0.2) is 64.1 Å². The van der Waals surface area contributed by atoms with E-state index < -0.39 is 0 Å². The first kappa shape index (κ1) is 17.5. The topological polar surface area (TPSA) is 75.4 Å². The van der Waals surface area contributed by atoms with Crippen LogP contribution in [0, 0.1) is 0 Å². The van der Waals surface area contributed by atoms with Crippen LogP contribution in [0.1, 0.15) is 31.6 Å². The Labute approximate surface area is 148 Å². The third kappa shape index (κ3) is 4.63. The second-order valence-corrected chi connectivity index (χ2v) is 6.75. The van der Waals surface area contributed by atoms with Crippen molar-refractivity contribution in [1.82, 2.24) is 24.9 Å². The van der Waals surface area contributed by atoms with Crippen LogP contribution in [0.25, 0.3) is 11.4 Å². The summed E-state index contributed by atoms with van der Waals surface area (Å²) >= 11 is 0. The summed E-state index contributed by atoms with van der Waals surface area (Å²) in [6.45, 7) is 1.77. The quantitative estimate of drug-likeness (QED) is 0.799. The lowest BCUT2D eigenvalue weighted by Gasteiger charge is -2.37. The molecule has 1 fully saturated rings. The van der Waals surface area contributed by atoms with Crippen LogP contribution >= 0.6 is 0 Å². The molecule has 3 rings (SSSR count). The van der Waals surface area contributed by atoms with E-state index in [1.807, 2.05) is 17.0 Å². The van der Waals surface area contributed by atoms with Gasteiger partial charge in [0.15, 0.2) is 0 Å². The minimum atomic E-state index is 0.176. The number of likely N-dealkylation sites (tertiary alicyclic amines) is 1. The average molecular weight is 343 g/mol. The van der Waals surface area contributed by atoms with Gasteiger partial charge in [-0.3, -0.25) is 9.78 Å². The molecule has 0 bridgehead atoms. The number of likely N-dealkylation sites (N-methyl/N-ethyl adjacent to an activating group) is 1. The molecule has 7 nitrogen and oxygen atoms in total. The molecule has 2 aromatic rings. The normalized spacial score (nSPS) is 17.9. The van der Waals surface area contributed by atoms with E-state index in [-0.39, 0.29) is 5.91 Å². The number of aryl methyl sites for hydroxylation is 1. The van der Waals surface area contributed by atoms with Gasteiger partial charge in [0.05, 0.1) is 0 Å². The molecule has 2 aromatic heterocycles. The van der Waals surface area contributed by atoms with E-state index in [9.17, 15) is 4.79 Å². The predicted molar refractivity (Wildman–Crippen MR) is 93.8 cm³/mol. The maximum atomic E-state index is 12.6. The molecule has 0 spiro atoms. The van der Waals surface area contributed by atoms with Gasteiger partial charge in [0.25, 0.3) is 0 Å². The number of carbonyl (C=O) groups is 1. The molecule has 1 aliphatic rings. The minimum absolute atomic E-state index is 0.176. The third-order valence-corrected chi connectivity index (χ3v) is 4.48. The fourth-order valence-corrected chi connectivity index (χ4v) is 3.27. The lowest BCUT2D eigenvalue weighted by atomic mass is 10.0. The zero-order valence-electron chi connectivity index (χ0n) is 14.9. The predicted octanol–water partition coefficient (Wildman–Crippen LogP) is 2.01. The van der Waals surface area contributed by atoms with E-state index in [0.29, 0.717) is 30.6 Å². The zero-order valence-corrected chi connectivity index (χ0v) is 14.9. The van der Waals surface area contributed by atoms with Crippen molar-refractivity contribution in [3.63, 3.8) is 0 Å². The molecule has 0 aliphatic carbocycles. The Morgan fingerprint density at radius 3 is 2.88 bits per heavy atom. The highest BCUT2D eigenvalue weighted by molar-refractivity contribution is 5.76. The number of piperidine rings is 1. The van der Waals surface area contributed by atoms with Crippen LogP contribution in [0.15, 0.2) is 29.0 Å². The fraction of sp³-hybridized carbons (Fsp3) is 0.556. The summed E-state index contributed by atoms with van der Waals surface area (Å²) < 4.78 is 5.29. The lowest BCUT2D eigenvalue weighted by molar-refractivity contribution is -0.135. The van der Waals surface area contributed by atoms with Crippen molar-refractivity contribution in [3.05, 3.63) is 30.4 Å². The van der Waals surface area contributed by atoms with Gasteiger partial charge in [-0.25, -0.2) is 0 Å². The summed E-state index contributed by atoms with van der Waals surface area (Å²) in [5.74, 6) is 1.21. The Kier molecular flexibility index (Phi) is 5.75. The van der Waals surface area contributed by atoms with Gasteiger partial charge in [0, 0.05) is 49.9 Å². The molecule has 1 atom stereocenters. The summed E-state index contributed by atoms with van der Waals surface area (Å²) in [4.78, 5) is 25.2. The van der Waals surface area contributed by atoms with E-state index in [1.165, 1.54) is 6.42 Å². The number of aromatic nitrogens is 3. The number of amides is 1.